The van der Waals surface area contributed by atoms with Crippen LogP contribution in [-0.4, -0.2) is 26.0 Å². The Balaban J connectivity index is 1.53. The van der Waals surface area contributed by atoms with Gasteiger partial charge in [-0.15, -0.1) is 0 Å². The maximum absolute atomic E-state index is 4.46. The monoisotopic (exact) mass is 310 g/mol. The van der Waals surface area contributed by atoms with Crippen LogP contribution in [0.5, 0.6) is 0 Å². The fourth-order valence-corrected chi connectivity index (χ4v) is 3.88. The van der Waals surface area contributed by atoms with Gasteiger partial charge < -0.3 is 0 Å². The van der Waals surface area contributed by atoms with Crippen molar-refractivity contribution in [2.24, 2.45) is 0 Å². The SMILES string of the molecule is CCc1ccc(SN2CCc3c(cnc4[nH]ncc34)C2)cc1. The molecule has 112 valence electrons. The molecule has 0 bridgehead atoms. The fourth-order valence-electron chi connectivity index (χ4n) is 2.94. The van der Waals surface area contributed by atoms with Crippen LogP contribution in [0.2, 0.25) is 0 Å². The van der Waals surface area contributed by atoms with Crippen LogP contribution < -0.4 is 0 Å². The normalized spacial score (nSPS) is 15.1. The highest BCUT2D eigenvalue weighted by Gasteiger charge is 2.20. The third-order valence-corrected chi connectivity index (χ3v) is 5.26. The summed E-state index contributed by atoms with van der Waals surface area (Å²) in [6.07, 6.45) is 6.03. The zero-order valence-corrected chi connectivity index (χ0v) is 13.4. The highest BCUT2D eigenvalue weighted by molar-refractivity contribution is 7.97. The summed E-state index contributed by atoms with van der Waals surface area (Å²) in [4.78, 5) is 5.77. The Morgan fingerprint density at radius 1 is 1.23 bits per heavy atom. The minimum Gasteiger partial charge on any atom is -0.261 e. The zero-order chi connectivity index (χ0) is 14.9. The smallest absolute Gasteiger partial charge is 0.155 e. The van der Waals surface area contributed by atoms with Gasteiger partial charge in [-0.25, -0.2) is 9.29 Å². The van der Waals surface area contributed by atoms with E-state index in [0.717, 1.165) is 31.6 Å². The Morgan fingerprint density at radius 3 is 2.91 bits per heavy atom. The van der Waals surface area contributed by atoms with E-state index < -0.39 is 0 Å². The lowest BCUT2D eigenvalue weighted by Gasteiger charge is -2.27. The van der Waals surface area contributed by atoms with E-state index >= 15 is 0 Å². The number of H-pyrrole nitrogens is 1. The third-order valence-electron chi connectivity index (χ3n) is 4.21. The molecule has 1 aliphatic heterocycles. The van der Waals surface area contributed by atoms with Crippen molar-refractivity contribution in [3.05, 3.63) is 53.3 Å². The average molecular weight is 310 g/mol. The number of aromatic amines is 1. The van der Waals surface area contributed by atoms with Crippen molar-refractivity contribution in [1.82, 2.24) is 19.5 Å². The number of rotatable bonds is 3. The second-order valence-corrected chi connectivity index (χ2v) is 6.77. The van der Waals surface area contributed by atoms with Crippen molar-refractivity contribution >= 4 is 23.0 Å². The van der Waals surface area contributed by atoms with Crippen LogP contribution in [0.15, 0.2) is 41.6 Å². The van der Waals surface area contributed by atoms with Crippen molar-refractivity contribution < 1.29 is 0 Å². The number of fused-ring (bicyclic) bond motifs is 3. The molecule has 0 saturated heterocycles. The fraction of sp³-hybridized carbons (Fsp3) is 0.294. The minimum absolute atomic E-state index is 0.898. The number of nitrogens with one attached hydrogen (secondary N) is 1. The van der Waals surface area contributed by atoms with Crippen molar-refractivity contribution in [2.45, 2.75) is 31.2 Å². The Bertz CT molecular complexity index is 794. The molecule has 0 unspecified atom stereocenters. The molecule has 0 aliphatic carbocycles. The van der Waals surface area contributed by atoms with Crippen LogP contribution in [0.25, 0.3) is 11.0 Å². The minimum atomic E-state index is 0.898. The van der Waals surface area contributed by atoms with Gasteiger partial charge in [0.05, 0.1) is 6.20 Å². The van der Waals surface area contributed by atoms with Crippen molar-refractivity contribution in [1.29, 1.82) is 0 Å². The molecule has 0 amide bonds. The Hall–Kier alpha value is -1.85. The van der Waals surface area contributed by atoms with E-state index in [1.165, 1.54) is 27.0 Å². The van der Waals surface area contributed by atoms with Crippen LogP contribution in [0.1, 0.15) is 23.6 Å². The quantitative estimate of drug-likeness (QED) is 0.751. The molecule has 0 fully saturated rings. The molecule has 3 heterocycles. The van der Waals surface area contributed by atoms with Gasteiger partial charge in [0, 0.05) is 29.6 Å². The van der Waals surface area contributed by atoms with E-state index in [-0.39, 0.29) is 0 Å². The molecule has 2 aromatic heterocycles. The van der Waals surface area contributed by atoms with Gasteiger partial charge in [0.1, 0.15) is 0 Å². The molecule has 0 atom stereocenters. The zero-order valence-electron chi connectivity index (χ0n) is 12.5. The molecule has 0 radical (unpaired) electrons. The van der Waals surface area contributed by atoms with Gasteiger partial charge in [-0.2, -0.15) is 5.10 Å². The van der Waals surface area contributed by atoms with Crippen LogP contribution in [0.3, 0.4) is 0 Å². The number of aryl methyl sites for hydroxylation is 1. The number of pyridine rings is 1. The second-order valence-electron chi connectivity index (χ2n) is 5.60. The standard InChI is InChI=1S/C17H18N4S/c1-2-12-3-5-14(6-4-12)22-21-8-7-15-13(11-21)9-18-17-16(15)10-19-20-17/h3-6,9-10H,2,7-8,11H2,1H3,(H,18,19,20). The largest absolute Gasteiger partial charge is 0.261 e. The van der Waals surface area contributed by atoms with Gasteiger partial charge in [0.2, 0.25) is 0 Å². The number of hydrogen-bond acceptors (Lipinski definition) is 4. The van der Waals surface area contributed by atoms with Crippen LogP contribution >= 0.6 is 11.9 Å². The molecule has 3 aromatic rings. The maximum Gasteiger partial charge on any atom is 0.155 e. The van der Waals surface area contributed by atoms with E-state index in [0.29, 0.717) is 0 Å². The van der Waals surface area contributed by atoms with Gasteiger partial charge in [-0.1, -0.05) is 19.1 Å². The topological polar surface area (TPSA) is 44.8 Å². The van der Waals surface area contributed by atoms with Crippen molar-refractivity contribution in [3.8, 4) is 0 Å². The van der Waals surface area contributed by atoms with E-state index in [1.54, 1.807) is 0 Å². The van der Waals surface area contributed by atoms with E-state index in [2.05, 4.69) is 50.7 Å². The Kier molecular flexibility index (Phi) is 3.60. The summed E-state index contributed by atoms with van der Waals surface area (Å²) < 4.78 is 2.41. The van der Waals surface area contributed by atoms with Crippen LogP contribution in [0, 0.1) is 0 Å². The highest BCUT2D eigenvalue weighted by Crippen LogP contribution is 2.31. The lowest BCUT2D eigenvalue weighted by Crippen LogP contribution is -2.24. The lowest BCUT2D eigenvalue weighted by molar-refractivity contribution is 0.445. The molecule has 0 saturated carbocycles. The van der Waals surface area contributed by atoms with Gasteiger partial charge in [-0.05, 0) is 53.6 Å². The predicted octanol–water partition coefficient (Wildman–Crippen LogP) is 3.59. The highest BCUT2D eigenvalue weighted by atomic mass is 32.2. The Labute approximate surface area is 134 Å². The van der Waals surface area contributed by atoms with Gasteiger partial charge in [0.25, 0.3) is 0 Å². The molecule has 1 N–H and O–H groups in total. The van der Waals surface area contributed by atoms with E-state index in [4.69, 9.17) is 0 Å². The summed E-state index contributed by atoms with van der Waals surface area (Å²) >= 11 is 1.84. The molecular weight excluding hydrogens is 292 g/mol. The number of nitrogens with zero attached hydrogens (tertiary/aromatic N) is 3. The molecule has 1 aliphatic rings. The summed E-state index contributed by atoms with van der Waals surface area (Å²) in [5.74, 6) is 0. The average Bonchev–Trinajstić information content (AvgIpc) is 3.04. The lowest BCUT2D eigenvalue weighted by atomic mass is 10.0. The summed E-state index contributed by atoms with van der Waals surface area (Å²) in [5, 5.41) is 8.23. The number of benzene rings is 1. The molecule has 1 aromatic carbocycles. The first kappa shape index (κ1) is 13.8. The number of aromatic nitrogens is 3. The first-order valence-corrected chi connectivity index (χ1v) is 8.42. The Morgan fingerprint density at radius 2 is 2.09 bits per heavy atom. The summed E-state index contributed by atoms with van der Waals surface area (Å²) in [7, 11) is 0. The maximum atomic E-state index is 4.46. The molecule has 5 heteroatoms. The predicted molar refractivity (Wildman–Crippen MR) is 89.7 cm³/mol. The molecule has 22 heavy (non-hydrogen) atoms. The van der Waals surface area contributed by atoms with Crippen molar-refractivity contribution in [2.75, 3.05) is 6.54 Å². The van der Waals surface area contributed by atoms with Crippen molar-refractivity contribution in [3.63, 3.8) is 0 Å². The van der Waals surface area contributed by atoms with Crippen LogP contribution in [0.4, 0.5) is 0 Å². The molecule has 4 rings (SSSR count). The van der Waals surface area contributed by atoms with Crippen LogP contribution in [-0.2, 0) is 19.4 Å². The van der Waals surface area contributed by atoms with Gasteiger partial charge >= 0.3 is 0 Å². The van der Waals surface area contributed by atoms with Gasteiger partial charge in [-0.3, -0.25) is 5.10 Å². The summed E-state index contributed by atoms with van der Waals surface area (Å²) in [6, 6.07) is 8.88. The summed E-state index contributed by atoms with van der Waals surface area (Å²) in [5.41, 5.74) is 5.00. The number of hydrogen-bond donors (Lipinski definition) is 1. The third kappa shape index (κ3) is 2.51. The van der Waals surface area contributed by atoms with Gasteiger partial charge in [0.15, 0.2) is 5.65 Å². The first-order chi connectivity index (χ1) is 10.8. The summed E-state index contributed by atoms with van der Waals surface area (Å²) in [6.45, 7) is 4.18. The van der Waals surface area contributed by atoms with E-state index in [1.807, 2.05) is 24.3 Å². The molecule has 4 nitrogen and oxygen atoms in total. The second kappa shape index (κ2) is 5.74. The van der Waals surface area contributed by atoms with E-state index in [9.17, 15) is 0 Å². The molecular formula is C17H18N4S. The molecule has 0 spiro atoms. The first-order valence-electron chi connectivity index (χ1n) is 7.65.